The van der Waals surface area contributed by atoms with Gasteiger partial charge in [-0.05, 0) is 42.3 Å². The Hall–Kier alpha value is -3.03. The topological polar surface area (TPSA) is 76.5 Å². The molecule has 7 nitrogen and oxygen atoms in total. The number of methoxy groups -OCH3 is 1. The van der Waals surface area contributed by atoms with Crippen molar-refractivity contribution in [2.24, 2.45) is 0 Å². The first-order valence-corrected chi connectivity index (χ1v) is 12.5. The van der Waals surface area contributed by atoms with Crippen molar-refractivity contribution in [2.45, 2.75) is 46.0 Å². The smallest absolute Gasteiger partial charge is 0.245 e. The number of hydrogen-bond donors (Lipinski definition) is 1. The van der Waals surface area contributed by atoms with Crippen molar-refractivity contribution in [3.05, 3.63) is 69.8 Å². The van der Waals surface area contributed by atoms with Crippen LogP contribution >= 0.6 is 23.2 Å². The van der Waals surface area contributed by atoms with Gasteiger partial charge in [-0.25, -0.2) is 4.68 Å². The highest BCUT2D eigenvalue weighted by atomic mass is 35.5. The first-order chi connectivity index (χ1) is 17.0. The quantitative estimate of drug-likeness (QED) is 0.373. The minimum absolute atomic E-state index is 0.0692. The fraction of sp³-hybridized carbons (Fsp3) is 0.370. The number of ether oxygens (including phenoxy) is 1. The van der Waals surface area contributed by atoms with Gasteiger partial charge in [-0.15, -0.1) is 0 Å². The van der Waals surface area contributed by atoms with E-state index in [4.69, 9.17) is 33.0 Å². The van der Waals surface area contributed by atoms with Gasteiger partial charge in [0.05, 0.1) is 41.5 Å². The van der Waals surface area contributed by atoms with Crippen molar-refractivity contribution >= 4 is 40.8 Å². The second kappa shape index (κ2) is 11.8. The second-order valence-electron chi connectivity index (χ2n) is 9.56. The van der Waals surface area contributed by atoms with Crippen LogP contribution < -0.4 is 10.1 Å². The normalized spacial score (nSPS) is 11.3. The fourth-order valence-electron chi connectivity index (χ4n) is 3.60. The van der Waals surface area contributed by atoms with Crippen molar-refractivity contribution in [3.63, 3.8) is 0 Å². The van der Waals surface area contributed by atoms with Crippen molar-refractivity contribution in [2.75, 3.05) is 25.5 Å². The average Bonchev–Trinajstić information content (AvgIpc) is 3.25. The molecule has 0 aliphatic heterocycles. The molecule has 0 saturated heterocycles. The van der Waals surface area contributed by atoms with Crippen LogP contribution in [0.25, 0.3) is 5.69 Å². The Morgan fingerprint density at radius 2 is 1.75 bits per heavy atom. The molecule has 0 spiro atoms. The Labute approximate surface area is 222 Å². The summed E-state index contributed by atoms with van der Waals surface area (Å²) in [7, 11) is 1.60. The molecule has 1 N–H and O–H groups in total. The monoisotopic (exact) mass is 530 g/mol. The first-order valence-electron chi connectivity index (χ1n) is 11.8. The van der Waals surface area contributed by atoms with Gasteiger partial charge in [0.2, 0.25) is 11.8 Å². The lowest BCUT2D eigenvalue weighted by atomic mass is 9.92. The van der Waals surface area contributed by atoms with E-state index in [0.717, 1.165) is 23.4 Å². The van der Waals surface area contributed by atoms with Gasteiger partial charge in [0, 0.05) is 18.0 Å². The van der Waals surface area contributed by atoms with Crippen LogP contribution in [0.5, 0.6) is 5.75 Å². The van der Waals surface area contributed by atoms with Crippen LogP contribution in [-0.2, 0) is 21.4 Å². The summed E-state index contributed by atoms with van der Waals surface area (Å²) in [5, 5.41) is 8.46. The molecular formula is C27H32Cl2N4O3. The third-order valence-corrected chi connectivity index (χ3v) is 6.33. The van der Waals surface area contributed by atoms with E-state index in [9.17, 15) is 9.59 Å². The number of aromatic nitrogens is 2. The maximum atomic E-state index is 13.1. The summed E-state index contributed by atoms with van der Waals surface area (Å²) >= 11 is 12.3. The average molecular weight is 531 g/mol. The summed E-state index contributed by atoms with van der Waals surface area (Å²) in [4.78, 5) is 27.7. The summed E-state index contributed by atoms with van der Waals surface area (Å²) in [5.74, 6) is 0.783. The van der Waals surface area contributed by atoms with E-state index < -0.39 is 0 Å². The summed E-state index contributed by atoms with van der Waals surface area (Å²) < 4.78 is 6.81. The van der Waals surface area contributed by atoms with Gasteiger partial charge in [0.25, 0.3) is 0 Å². The lowest BCUT2D eigenvalue weighted by Crippen LogP contribution is -2.39. The van der Waals surface area contributed by atoms with Crippen LogP contribution in [0.3, 0.4) is 0 Å². The van der Waals surface area contributed by atoms with Gasteiger partial charge < -0.3 is 15.0 Å². The van der Waals surface area contributed by atoms with Crippen molar-refractivity contribution in [1.82, 2.24) is 14.7 Å². The number of anilines is 1. The predicted molar refractivity (Wildman–Crippen MR) is 144 cm³/mol. The van der Waals surface area contributed by atoms with E-state index in [1.54, 1.807) is 34.9 Å². The highest BCUT2D eigenvalue weighted by molar-refractivity contribution is 6.42. The van der Waals surface area contributed by atoms with E-state index >= 15 is 0 Å². The zero-order chi connectivity index (χ0) is 26.5. The molecule has 0 bridgehead atoms. The molecule has 9 heteroatoms. The lowest BCUT2D eigenvalue weighted by molar-refractivity contribution is -0.134. The number of rotatable bonds is 9. The molecule has 3 aromatic rings. The first kappa shape index (κ1) is 27.6. The number of nitrogens with zero attached hydrogens (tertiary/aromatic N) is 3. The molecule has 1 heterocycles. The molecule has 0 atom stereocenters. The summed E-state index contributed by atoms with van der Waals surface area (Å²) in [5.41, 5.74) is 2.07. The van der Waals surface area contributed by atoms with Gasteiger partial charge in [-0.1, -0.05) is 63.0 Å². The van der Waals surface area contributed by atoms with Crippen LogP contribution in [0.4, 0.5) is 5.82 Å². The maximum absolute atomic E-state index is 13.1. The molecule has 0 unspecified atom stereocenters. The van der Waals surface area contributed by atoms with Crippen LogP contribution in [0, 0.1) is 0 Å². The third-order valence-electron chi connectivity index (χ3n) is 5.59. The van der Waals surface area contributed by atoms with Crippen LogP contribution in [0.2, 0.25) is 10.0 Å². The number of benzene rings is 2. The minimum atomic E-state index is -0.312. The number of halogens is 2. The highest BCUT2D eigenvalue weighted by Crippen LogP contribution is 2.29. The van der Waals surface area contributed by atoms with E-state index in [-0.39, 0.29) is 30.2 Å². The predicted octanol–water partition coefficient (Wildman–Crippen LogP) is 5.91. The lowest BCUT2D eigenvalue weighted by Gasteiger charge is -2.22. The Balaban J connectivity index is 1.79. The van der Waals surface area contributed by atoms with E-state index in [0.29, 0.717) is 28.1 Å². The summed E-state index contributed by atoms with van der Waals surface area (Å²) in [6.07, 6.45) is 0.934. The van der Waals surface area contributed by atoms with Crippen LogP contribution in [0.1, 0.15) is 45.4 Å². The second-order valence-corrected chi connectivity index (χ2v) is 10.4. The van der Waals surface area contributed by atoms with Crippen molar-refractivity contribution in [3.8, 4) is 11.4 Å². The molecule has 3 rings (SSSR count). The number of carbonyl (C=O) groups excluding carboxylic acids is 2. The number of carbonyl (C=O) groups is 2. The molecule has 0 saturated carbocycles. The summed E-state index contributed by atoms with van der Waals surface area (Å²) in [6.45, 7) is 8.51. The van der Waals surface area contributed by atoms with Gasteiger partial charge in [-0.3, -0.25) is 9.59 Å². The largest absolute Gasteiger partial charge is 0.497 e. The molecule has 0 aliphatic rings. The zero-order valence-corrected chi connectivity index (χ0v) is 22.8. The van der Waals surface area contributed by atoms with E-state index in [1.165, 1.54) is 0 Å². The zero-order valence-electron chi connectivity index (χ0n) is 21.3. The molecule has 192 valence electrons. The van der Waals surface area contributed by atoms with Gasteiger partial charge in [0.15, 0.2) is 0 Å². The standard InChI is InChI=1S/C27H32Cl2N4O3/c1-6-13-32(26(35)14-18-7-10-20(36-5)11-8-18)17-25(34)30-24-16-23(27(2,3)4)31-33(24)19-9-12-21(28)22(29)15-19/h7-12,15-16H,6,13-14,17H2,1-5H3,(H,30,34). The molecular weight excluding hydrogens is 499 g/mol. The molecule has 0 fully saturated rings. The Morgan fingerprint density at radius 3 is 2.33 bits per heavy atom. The van der Waals surface area contributed by atoms with Crippen LogP contribution in [-0.4, -0.2) is 46.7 Å². The van der Waals surface area contributed by atoms with Crippen LogP contribution in [0.15, 0.2) is 48.5 Å². The minimum Gasteiger partial charge on any atom is -0.497 e. The molecule has 2 amide bonds. The van der Waals surface area contributed by atoms with E-state index in [1.807, 2.05) is 58.0 Å². The van der Waals surface area contributed by atoms with Gasteiger partial charge >= 0.3 is 0 Å². The Morgan fingerprint density at radius 1 is 1.06 bits per heavy atom. The van der Waals surface area contributed by atoms with Gasteiger partial charge in [0.1, 0.15) is 11.6 Å². The van der Waals surface area contributed by atoms with Crippen molar-refractivity contribution in [1.29, 1.82) is 0 Å². The molecule has 36 heavy (non-hydrogen) atoms. The van der Waals surface area contributed by atoms with Gasteiger partial charge in [-0.2, -0.15) is 5.10 Å². The Bertz CT molecular complexity index is 1220. The molecule has 0 aliphatic carbocycles. The number of amides is 2. The third kappa shape index (κ3) is 7.02. The fourth-order valence-corrected chi connectivity index (χ4v) is 3.89. The maximum Gasteiger partial charge on any atom is 0.245 e. The Kier molecular flexibility index (Phi) is 9.03. The molecule has 1 aromatic heterocycles. The van der Waals surface area contributed by atoms with Crippen molar-refractivity contribution < 1.29 is 14.3 Å². The SMILES string of the molecule is CCCN(CC(=O)Nc1cc(C(C)(C)C)nn1-c1ccc(Cl)c(Cl)c1)C(=O)Cc1ccc(OC)cc1. The molecule has 2 aromatic carbocycles. The number of nitrogens with one attached hydrogen (secondary N) is 1. The highest BCUT2D eigenvalue weighted by Gasteiger charge is 2.23. The summed E-state index contributed by atoms with van der Waals surface area (Å²) in [6, 6.07) is 14.3. The number of hydrogen-bond acceptors (Lipinski definition) is 4. The molecule has 0 radical (unpaired) electrons. The van der Waals surface area contributed by atoms with E-state index in [2.05, 4.69) is 5.32 Å².